The third-order valence-corrected chi connectivity index (χ3v) is 2.55. The first-order chi connectivity index (χ1) is 6.02. The molecule has 0 aliphatic rings. The summed E-state index contributed by atoms with van der Waals surface area (Å²) in [6.45, 7) is 5.78. The molecule has 0 aliphatic heterocycles. The maximum absolute atomic E-state index is 9.66. The SMILES string of the molecule is CCC(O)CC(O)C(CO)C(C)C. The van der Waals surface area contributed by atoms with Gasteiger partial charge in [-0.1, -0.05) is 20.8 Å². The van der Waals surface area contributed by atoms with Crippen molar-refractivity contribution in [3.8, 4) is 0 Å². The van der Waals surface area contributed by atoms with Gasteiger partial charge in [0.1, 0.15) is 0 Å². The van der Waals surface area contributed by atoms with Gasteiger partial charge in [0.05, 0.1) is 12.2 Å². The van der Waals surface area contributed by atoms with E-state index in [2.05, 4.69) is 0 Å². The zero-order valence-electron chi connectivity index (χ0n) is 8.77. The Morgan fingerprint density at radius 1 is 1.15 bits per heavy atom. The Balaban J connectivity index is 3.97. The second-order valence-electron chi connectivity index (χ2n) is 3.96. The summed E-state index contributed by atoms with van der Waals surface area (Å²) in [7, 11) is 0. The molecule has 0 saturated heterocycles. The molecular formula is C10H22O3. The molecule has 0 aromatic heterocycles. The van der Waals surface area contributed by atoms with Gasteiger partial charge in [-0.05, 0) is 18.8 Å². The van der Waals surface area contributed by atoms with E-state index in [-0.39, 0.29) is 18.4 Å². The molecule has 0 aliphatic carbocycles. The van der Waals surface area contributed by atoms with E-state index in [4.69, 9.17) is 5.11 Å². The van der Waals surface area contributed by atoms with E-state index in [1.165, 1.54) is 0 Å². The van der Waals surface area contributed by atoms with Crippen molar-refractivity contribution in [1.82, 2.24) is 0 Å². The summed E-state index contributed by atoms with van der Waals surface area (Å²) in [6.07, 6.45) is -0.0459. The van der Waals surface area contributed by atoms with Crippen LogP contribution in [0.5, 0.6) is 0 Å². The summed E-state index contributed by atoms with van der Waals surface area (Å²) in [5, 5.41) is 28.0. The first-order valence-corrected chi connectivity index (χ1v) is 4.99. The number of aliphatic hydroxyl groups excluding tert-OH is 3. The second-order valence-corrected chi connectivity index (χ2v) is 3.96. The highest BCUT2D eigenvalue weighted by Gasteiger charge is 2.23. The first-order valence-electron chi connectivity index (χ1n) is 4.99. The lowest BCUT2D eigenvalue weighted by Gasteiger charge is -2.25. The van der Waals surface area contributed by atoms with Crippen LogP contribution >= 0.6 is 0 Å². The van der Waals surface area contributed by atoms with Crippen molar-refractivity contribution in [3.05, 3.63) is 0 Å². The standard InChI is InChI=1S/C10H22O3/c1-4-8(12)5-10(13)9(6-11)7(2)3/h7-13H,4-6H2,1-3H3. The monoisotopic (exact) mass is 190 g/mol. The van der Waals surface area contributed by atoms with Crippen LogP contribution in [0.25, 0.3) is 0 Å². The summed E-state index contributed by atoms with van der Waals surface area (Å²) in [5.74, 6) is 0.116. The highest BCUT2D eigenvalue weighted by Crippen LogP contribution is 2.18. The van der Waals surface area contributed by atoms with Gasteiger partial charge >= 0.3 is 0 Å². The van der Waals surface area contributed by atoms with Gasteiger partial charge in [0.2, 0.25) is 0 Å². The van der Waals surface area contributed by atoms with Crippen LogP contribution in [0, 0.1) is 11.8 Å². The lowest BCUT2D eigenvalue weighted by atomic mass is 9.88. The van der Waals surface area contributed by atoms with E-state index in [1.54, 1.807) is 0 Å². The number of hydrogen-bond acceptors (Lipinski definition) is 3. The van der Waals surface area contributed by atoms with Crippen molar-refractivity contribution in [2.75, 3.05) is 6.61 Å². The lowest BCUT2D eigenvalue weighted by Crippen LogP contribution is -2.31. The minimum Gasteiger partial charge on any atom is -0.396 e. The Bertz CT molecular complexity index is 125. The molecule has 0 bridgehead atoms. The smallest absolute Gasteiger partial charge is 0.0617 e. The van der Waals surface area contributed by atoms with Gasteiger partial charge in [0.15, 0.2) is 0 Å². The van der Waals surface area contributed by atoms with Crippen molar-refractivity contribution in [1.29, 1.82) is 0 Å². The molecule has 80 valence electrons. The van der Waals surface area contributed by atoms with E-state index in [0.717, 1.165) is 0 Å². The molecule has 0 amide bonds. The van der Waals surface area contributed by atoms with Gasteiger partial charge in [0.25, 0.3) is 0 Å². The van der Waals surface area contributed by atoms with Crippen LogP contribution in [0.1, 0.15) is 33.6 Å². The number of aliphatic hydroxyl groups is 3. The fraction of sp³-hybridized carbons (Fsp3) is 1.00. The highest BCUT2D eigenvalue weighted by atomic mass is 16.3. The molecule has 0 heterocycles. The molecule has 3 N–H and O–H groups in total. The predicted octanol–water partition coefficient (Wildman–Crippen LogP) is 0.773. The normalized spacial score (nSPS) is 18.7. The number of hydrogen-bond donors (Lipinski definition) is 3. The van der Waals surface area contributed by atoms with Crippen molar-refractivity contribution in [2.45, 2.75) is 45.8 Å². The Morgan fingerprint density at radius 3 is 2.00 bits per heavy atom. The summed E-state index contributed by atoms with van der Waals surface area (Å²) in [4.78, 5) is 0. The fourth-order valence-corrected chi connectivity index (χ4v) is 1.40. The van der Waals surface area contributed by atoms with Crippen LogP contribution in [-0.2, 0) is 0 Å². The largest absolute Gasteiger partial charge is 0.396 e. The molecule has 0 aromatic rings. The summed E-state index contributed by atoms with van der Waals surface area (Å²) < 4.78 is 0. The summed E-state index contributed by atoms with van der Waals surface area (Å²) in [6, 6.07) is 0. The summed E-state index contributed by atoms with van der Waals surface area (Å²) >= 11 is 0. The third-order valence-electron chi connectivity index (χ3n) is 2.55. The van der Waals surface area contributed by atoms with Crippen LogP contribution in [-0.4, -0.2) is 34.1 Å². The van der Waals surface area contributed by atoms with Gasteiger partial charge < -0.3 is 15.3 Å². The molecule has 3 unspecified atom stereocenters. The molecule has 3 heteroatoms. The Labute approximate surface area is 80.4 Å². The highest BCUT2D eigenvalue weighted by molar-refractivity contribution is 4.73. The van der Waals surface area contributed by atoms with Crippen molar-refractivity contribution in [2.24, 2.45) is 11.8 Å². The third kappa shape index (κ3) is 4.60. The molecule has 0 aromatic carbocycles. The zero-order chi connectivity index (χ0) is 10.4. The van der Waals surface area contributed by atoms with E-state index in [9.17, 15) is 10.2 Å². The van der Waals surface area contributed by atoms with Crippen LogP contribution in [0.2, 0.25) is 0 Å². The first kappa shape index (κ1) is 12.9. The minimum atomic E-state index is -0.597. The van der Waals surface area contributed by atoms with Gasteiger partial charge in [0, 0.05) is 12.5 Å². The summed E-state index contributed by atoms with van der Waals surface area (Å²) in [5.41, 5.74) is 0. The van der Waals surface area contributed by atoms with Crippen LogP contribution in [0.4, 0.5) is 0 Å². The van der Waals surface area contributed by atoms with E-state index >= 15 is 0 Å². The lowest BCUT2D eigenvalue weighted by molar-refractivity contribution is 0.00417. The van der Waals surface area contributed by atoms with Crippen LogP contribution in [0.3, 0.4) is 0 Å². The molecule has 3 atom stereocenters. The van der Waals surface area contributed by atoms with Crippen molar-refractivity contribution >= 4 is 0 Å². The van der Waals surface area contributed by atoms with Gasteiger partial charge in [-0.15, -0.1) is 0 Å². The average molecular weight is 190 g/mol. The molecule has 3 nitrogen and oxygen atoms in total. The maximum Gasteiger partial charge on any atom is 0.0617 e. The quantitative estimate of drug-likeness (QED) is 0.580. The Hall–Kier alpha value is -0.120. The minimum absolute atomic E-state index is 0.0186. The second kappa shape index (κ2) is 6.35. The molecular weight excluding hydrogens is 168 g/mol. The molecule has 0 rings (SSSR count). The molecule has 13 heavy (non-hydrogen) atoms. The Kier molecular flexibility index (Phi) is 6.29. The Morgan fingerprint density at radius 2 is 1.69 bits per heavy atom. The van der Waals surface area contributed by atoms with E-state index in [0.29, 0.717) is 12.8 Å². The van der Waals surface area contributed by atoms with Crippen LogP contribution < -0.4 is 0 Å². The van der Waals surface area contributed by atoms with Crippen LogP contribution in [0.15, 0.2) is 0 Å². The van der Waals surface area contributed by atoms with Gasteiger partial charge in [-0.25, -0.2) is 0 Å². The average Bonchev–Trinajstić information content (AvgIpc) is 2.04. The molecule has 0 radical (unpaired) electrons. The van der Waals surface area contributed by atoms with Crippen molar-refractivity contribution in [3.63, 3.8) is 0 Å². The molecule has 0 saturated carbocycles. The maximum atomic E-state index is 9.66. The van der Waals surface area contributed by atoms with Gasteiger partial charge in [-0.2, -0.15) is 0 Å². The van der Waals surface area contributed by atoms with E-state index in [1.807, 2.05) is 20.8 Å². The van der Waals surface area contributed by atoms with Crippen molar-refractivity contribution < 1.29 is 15.3 Å². The predicted molar refractivity (Wildman–Crippen MR) is 52.3 cm³/mol. The fourth-order valence-electron chi connectivity index (χ4n) is 1.40. The molecule has 0 fully saturated rings. The number of rotatable bonds is 6. The molecule has 0 spiro atoms. The topological polar surface area (TPSA) is 60.7 Å². The zero-order valence-corrected chi connectivity index (χ0v) is 8.77. The van der Waals surface area contributed by atoms with E-state index < -0.39 is 12.2 Å². The van der Waals surface area contributed by atoms with Gasteiger partial charge in [-0.3, -0.25) is 0 Å².